The highest BCUT2D eigenvalue weighted by atomic mass is 35.5. The van der Waals surface area contributed by atoms with Crippen LogP contribution in [0.5, 0.6) is 0 Å². The molecule has 0 amide bonds. The normalized spacial score (nSPS) is 30.5. The highest BCUT2D eigenvalue weighted by Crippen LogP contribution is 2.57. The van der Waals surface area contributed by atoms with E-state index in [0.29, 0.717) is 34.3 Å². The monoisotopic (exact) mass is 445 g/mol. The van der Waals surface area contributed by atoms with Crippen molar-refractivity contribution >= 4 is 34.0 Å². The molecule has 2 aliphatic carbocycles. The van der Waals surface area contributed by atoms with E-state index in [9.17, 15) is 9.32 Å². The summed E-state index contributed by atoms with van der Waals surface area (Å²) in [4.78, 5) is 16.9. The molecule has 0 radical (unpaired) electrons. The van der Waals surface area contributed by atoms with E-state index in [2.05, 4.69) is 26.3 Å². The Hall–Kier alpha value is -1.77. The molecule has 3 unspecified atom stereocenters. The van der Waals surface area contributed by atoms with Crippen LogP contribution in [0, 0.1) is 11.8 Å². The number of aromatic nitrogens is 3. The topological polar surface area (TPSA) is 91.2 Å². The van der Waals surface area contributed by atoms with Crippen LogP contribution in [-0.4, -0.2) is 55.3 Å². The quantitative estimate of drug-likeness (QED) is 0.729. The number of aliphatic hydroxyl groups is 1. The molecule has 0 spiro atoms. The lowest BCUT2D eigenvalue weighted by atomic mass is 9.77. The molecule has 2 saturated carbocycles. The SMILES string of the molecule is O=S1CCc2cc(N3CC4C(C3)C4c3ncc(Cl)cn3)nc(NC3(CO)CCC3)c21. The van der Waals surface area contributed by atoms with Crippen LogP contribution in [0.4, 0.5) is 11.6 Å². The van der Waals surface area contributed by atoms with Crippen molar-refractivity contribution in [1.82, 2.24) is 15.0 Å². The van der Waals surface area contributed by atoms with E-state index in [1.165, 1.54) is 0 Å². The molecule has 9 heteroatoms. The van der Waals surface area contributed by atoms with Gasteiger partial charge in [0.2, 0.25) is 0 Å². The Kier molecular flexibility index (Phi) is 4.34. The average molecular weight is 446 g/mol. The molecular formula is C21H24ClN5O2S. The first kappa shape index (κ1) is 19.0. The second-order valence-electron chi connectivity index (χ2n) is 9.05. The average Bonchev–Trinajstić information content (AvgIpc) is 3.04. The Morgan fingerprint density at radius 1 is 1.27 bits per heavy atom. The molecule has 158 valence electrons. The van der Waals surface area contributed by atoms with Gasteiger partial charge in [0.1, 0.15) is 17.5 Å². The molecule has 7 nitrogen and oxygen atoms in total. The van der Waals surface area contributed by atoms with Crippen molar-refractivity contribution in [3.63, 3.8) is 0 Å². The van der Waals surface area contributed by atoms with Crippen LogP contribution in [0.2, 0.25) is 5.02 Å². The summed E-state index contributed by atoms with van der Waals surface area (Å²) in [5, 5.41) is 13.9. The Bertz CT molecular complexity index is 1010. The molecular weight excluding hydrogens is 422 g/mol. The minimum Gasteiger partial charge on any atom is -0.394 e. The van der Waals surface area contributed by atoms with Gasteiger partial charge >= 0.3 is 0 Å². The fraction of sp³-hybridized carbons (Fsp3) is 0.571. The minimum absolute atomic E-state index is 0.0803. The van der Waals surface area contributed by atoms with Gasteiger partial charge in [-0.05, 0) is 49.1 Å². The van der Waals surface area contributed by atoms with Gasteiger partial charge in [-0.1, -0.05) is 11.6 Å². The molecule has 4 aliphatic rings. The van der Waals surface area contributed by atoms with Crippen LogP contribution in [0.15, 0.2) is 23.4 Å². The van der Waals surface area contributed by atoms with E-state index in [-0.39, 0.29) is 12.1 Å². The molecule has 4 heterocycles. The third-order valence-electron chi connectivity index (χ3n) is 7.27. The largest absolute Gasteiger partial charge is 0.394 e. The smallest absolute Gasteiger partial charge is 0.145 e. The van der Waals surface area contributed by atoms with E-state index in [0.717, 1.165) is 60.9 Å². The van der Waals surface area contributed by atoms with E-state index >= 15 is 0 Å². The number of hydrogen-bond acceptors (Lipinski definition) is 7. The first-order valence-corrected chi connectivity index (χ1v) is 12.3. The molecule has 2 N–H and O–H groups in total. The van der Waals surface area contributed by atoms with E-state index in [1.807, 2.05) is 0 Å². The molecule has 3 fully saturated rings. The van der Waals surface area contributed by atoms with Crippen molar-refractivity contribution in [3.8, 4) is 0 Å². The van der Waals surface area contributed by atoms with Crippen molar-refractivity contribution < 1.29 is 9.32 Å². The second kappa shape index (κ2) is 6.87. The number of rotatable bonds is 5. The van der Waals surface area contributed by atoms with Gasteiger partial charge in [0.25, 0.3) is 0 Å². The highest BCUT2D eigenvalue weighted by molar-refractivity contribution is 7.85. The maximum absolute atomic E-state index is 12.6. The fourth-order valence-electron chi connectivity index (χ4n) is 5.33. The summed E-state index contributed by atoms with van der Waals surface area (Å²) in [7, 11) is -1.02. The summed E-state index contributed by atoms with van der Waals surface area (Å²) < 4.78 is 12.6. The van der Waals surface area contributed by atoms with Crippen LogP contribution < -0.4 is 10.2 Å². The standard InChI is InChI=1S/C21H24ClN5O2S/c22-13-7-23-19(24-8-13)17-14-9-27(10-15(14)17)16-6-12-2-5-30(29)18(12)20(25-16)26-21(11-28)3-1-4-21/h6-8,14-15,17,28H,1-5,9-11H2,(H,25,26). The zero-order chi connectivity index (χ0) is 20.5. The predicted octanol–water partition coefficient (Wildman–Crippen LogP) is 2.37. The van der Waals surface area contributed by atoms with Gasteiger partial charge in [-0.25, -0.2) is 15.0 Å². The lowest BCUT2D eigenvalue weighted by Crippen LogP contribution is -2.48. The highest BCUT2D eigenvalue weighted by Gasteiger charge is 2.58. The first-order chi connectivity index (χ1) is 14.6. The van der Waals surface area contributed by atoms with Crippen molar-refractivity contribution in [2.45, 2.75) is 42.0 Å². The van der Waals surface area contributed by atoms with Crippen LogP contribution in [0.1, 0.15) is 36.6 Å². The number of halogens is 1. The van der Waals surface area contributed by atoms with Crippen LogP contribution >= 0.6 is 11.6 Å². The van der Waals surface area contributed by atoms with Gasteiger partial charge in [-0.15, -0.1) is 0 Å². The number of anilines is 2. The van der Waals surface area contributed by atoms with Gasteiger partial charge in [0.15, 0.2) is 0 Å². The fourth-order valence-corrected chi connectivity index (χ4v) is 6.80. The zero-order valence-corrected chi connectivity index (χ0v) is 18.1. The zero-order valence-electron chi connectivity index (χ0n) is 16.6. The molecule has 2 aromatic heterocycles. The number of aliphatic hydroxyl groups excluding tert-OH is 1. The van der Waals surface area contributed by atoms with Crippen molar-refractivity contribution in [1.29, 1.82) is 0 Å². The minimum atomic E-state index is -1.02. The summed E-state index contributed by atoms with van der Waals surface area (Å²) in [6.45, 7) is 1.94. The van der Waals surface area contributed by atoms with Gasteiger partial charge in [0, 0.05) is 37.2 Å². The summed E-state index contributed by atoms with van der Waals surface area (Å²) in [6, 6.07) is 2.12. The molecule has 0 aromatic carbocycles. The summed E-state index contributed by atoms with van der Waals surface area (Å²) in [5.41, 5.74) is 0.822. The molecule has 2 aromatic rings. The van der Waals surface area contributed by atoms with E-state index in [1.54, 1.807) is 12.4 Å². The van der Waals surface area contributed by atoms with Gasteiger partial charge in [0.05, 0.1) is 32.9 Å². The summed E-state index contributed by atoms with van der Waals surface area (Å²) >= 11 is 5.92. The van der Waals surface area contributed by atoms with Crippen LogP contribution in [0.25, 0.3) is 0 Å². The number of aryl methyl sites for hydroxylation is 1. The Morgan fingerprint density at radius 3 is 2.63 bits per heavy atom. The molecule has 0 bridgehead atoms. The predicted molar refractivity (Wildman–Crippen MR) is 115 cm³/mol. The lowest BCUT2D eigenvalue weighted by Gasteiger charge is -2.41. The van der Waals surface area contributed by atoms with Gasteiger partial charge < -0.3 is 15.3 Å². The number of pyridine rings is 1. The van der Waals surface area contributed by atoms with Crippen molar-refractivity contribution in [2.24, 2.45) is 11.8 Å². The molecule has 1 saturated heterocycles. The van der Waals surface area contributed by atoms with E-state index < -0.39 is 10.8 Å². The number of nitrogens with zero attached hydrogens (tertiary/aromatic N) is 4. The maximum atomic E-state index is 12.6. The van der Waals surface area contributed by atoms with Gasteiger partial charge in [-0.3, -0.25) is 4.21 Å². The molecule has 2 aliphatic heterocycles. The number of piperidine rings is 1. The van der Waals surface area contributed by atoms with Crippen molar-refractivity contribution in [3.05, 3.63) is 34.9 Å². The van der Waals surface area contributed by atoms with E-state index in [4.69, 9.17) is 16.6 Å². The maximum Gasteiger partial charge on any atom is 0.145 e. The summed E-state index contributed by atoms with van der Waals surface area (Å²) in [5.74, 6) is 4.71. The Balaban J connectivity index is 1.25. The third-order valence-corrected chi connectivity index (χ3v) is 8.96. The molecule has 6 rings (SSSR count). The number of nitrogens with one attached hydrogen (secondary N) is 1. The van der Waals surface area contributed by atoms with Crippen LogP contribution in [0.3, 0.4) is 0 Å². The Morgan fingerprint density at radius 2 is 2.00 bits per heavy atom. The summed E-state index contributed by atoms with van der Waals surface area (Å²) in [6.07, 6.45) is 7.11. The lowest BCUT2D eigenvalue weighted by molar-refractivity contribution is 0.143. The second-order valence-corrected chi connectivity index (χ2v) is 11.0. The third kappa shape index (κ3) is 2.95. The number of fused-ring (bicyclic) bond motifs is 2. The van der Waals surface area contributed by atoms with Crippen molar-refractivity contribution in [2.75, 3.05) is 35.7 Å². The first-order valence-electron chi connectivity index (χ1n) is 10.6. The van der Waals surface area contributed by atoms with Gasteiger partial charge in [-0.2, -0.15) is 0 Å². The molecule has 30 heavy (non-hydrogen) atoms. The molecule has 3 atom stereocenters. The Labute approximate surface area is 182 Å². The number of hydrogen-bond donors (Lipinski definition) is 2. The van der Waals surface area contributed by atoms with Crippen LogP contribution in [-0.2, 0) is 17.2 Å².